The van der Waals surface area contributed by atoms with Crippen LogP contribution in [0.1, 0.15) is 23.6 Å². The number of hydrogen-bond acceptors (Lipinski definition) is 4. The van der Waals surface area contributed by atoms with Crippen LogP contribution >= 0.6 is 23.2 Å². The molecule has 38 heavy (non-hydrogen) atoms. The first-order valence-electron chi connectivity index (χ1n) is 12.1. The molecule has 1 N–H and O–H groups in total. The van der Waals surface area contributed by atoms with Gasteiger partial charge in [0.1, 0.15) is 12.6 Å². The molecule has 0 aliphatic heterocycles. The Morgan fingerprint density at radius 3 is 2.03 bits per heavy atom. The summed E-state index contributed by atoms with van der Waals surface area (Å²) in [6, 6.07) is 20.3. The van der Waals surface area contributed by atoms with Crippen molar-refractivity contribution in [2.45, 2.75) is 32.4 Å². The molecule has 3 aromatic rings. The van der Waals surface area contributed by atoms with Crippen molar-refractivity contribution in [3.8, 4) is 0 Å². The van der Waals surface area contributed by atoms with Crippen LogP contribution in [0.15, 0.2) is 72.8 Å². The fourth-order valence-corrected chi connectivity index (χ4v) is 5.45. The fourth-order valence-electron chi connectivity index (χ4n) is 4.09. The largest absolute Gasteiger partial charge is 0.357 e. The second-order valence-corrected chi connectivity index (χ2v) is 11.6. The van der Waals surface area contributed by atoms with Gasteiger partial charge in [-0.2, -0.15) is 0 Å². The summed E-state index contributed by atoms with van der Waals surface area (Å²) in [4.78, 5) is 28.4. The maximum Gasteiger partial charge on any atom is 0.244 e. The maximum atomic E-state index is 13.9. The Morgan fingerprint density at radius 1 is 0.895 bits per heavy atom. The Balaban J connectivity index is 2.06. The smallest absolute Gasteiger partial charge is 0.244 e. The topological polar surface area (TPSA) is 86.8 Å². The Labute approximate surface area is 234 Å². The van der Waals surface area contributed by atoms with Crippen molar-refractivity contribution in [3.05, 3.63) is 99.5 Å². The molecule has 0 spiro atoms. The van der Waals surface area contributed by atoms with Crippen LogP contribution in [-0.4, -0.2) is 51.0 Å². The van der Waals surface area contributed by atoms with E-state index in [2.05, 4.69) is 5.32 Å². The highest BCUT2D eigenvalue weighted by Gasteiger charge is 2.33. The summed E-state index contributed by atoms with van der Waals surface area (Å²) in [6.07, 6.45) is 2.04. The zero-order valence-electron chi connectivity index (χ0n) is 21.5. The van der Waals surface area contributed by atoms with E-state index in [-0.39, 0.29) is 13.0 Å². The van der Waals surface area contributed by atoms with Gasteiger partial charge in [-0.25, -0.2) is 8.42 Å². The van der Waals surface area contributed by atoms with Crippen LogP contribution in [0.25, 0.3) is 0 Å². The quantitative estimate of drug-likeness (QED) is 0.359. The van der Waals surface area contributed by atoms with Gasteiger partial charge in [0, 0.05) is 35.6 Å². The van der Waals surface area contributed by atoms with Gasteiger partial charge in [0.25, 0.3) is 0 Å². The van der Waals surface area contributed by atoms with Crippen LogP contribution < -0.4 is 9.62 Å². The molecular formula is C28H31Cl2N3O4S. The Morgan fingerprint density at radius 2 is 1.50 bits per heavy atom. The minimum absolute atomic E-state index is 0.0887. The molecule has 7 nitrogen and oxygen atoms in total. The maximum absolute atomic E-state index is 13.9. The van der Waals surface area contributed by atoms with Crippen LogP contribution in [0, 0.1) is 0 Å². The van der Waals surface area contributed by atoms with Gasteiger partial charge in [-0.05, 0) is 41.8 Å². The van der Waals surface area contributed by atoms with Crippen LogP contribution in [0.4, 0.5) is 5.69 Å². The summed E-state index contributed by atoms with van der Waals surface area (Å²) < 4.78 is 26.6. The van der Waals surface area contributed by atoms with E-state index in [0.717, 1.165) is 28.1 Å². The number of anilines is 1. The molecule has 2 amide bonds. The predicted molar refractivity (Wildman–Crippen MR) is 153 cm³/mol. The van der Waals surface area contributed by atoms with Crippen molar-refractivity contribution in [1.82, 2.24) is 10.2 Å². The van der Waals surface area contributed by atoms with Crippen molar-refractivity contribution in [2.75, 3.05) is 24.2 Å². The van der Waals surface area contributed by atoms with E-state index in [1.165, 1.54) is 11.9 Å². The van der Waals surface area contributed by atoms with Gasteiger partial charge < -0.3 is 10.2 Å². The summed E-state index contributed by atoms with van der Waals surface area (Å²) >= 11 is 12.9. The van der Waals surface area contributed by atoms with E-state index >= 15 is 0 Å². The number of rotatable bonds is 11. The number of benzene rings is 3. The number of nitrogens with zero attached hydrogens (tertiary/aromatic N) is 2. The number of sulfonamides is 1. The van der Waals surface area contributed by atoms with Gasteiger partial charge >= 0.3 is 0 Å². The highest BCUT2D eigenvalue weighted by Crippen LogP contribution is 2.28. The molecule has 3 aromatic carbocycles. The number of carbonyl (C=O) groups is 2. The molecule has 202 valence electrons. The highest BCUT2D eigenvalue weighted by atomic mass is 35.5. The van der Waals surface area contributed by atoms with E-state index in [1.54, 1.807) is 30.3 Å². The summed E-state index contributed by atoms with van der Waals surface area (Å²) in [5.41, 5.74) is 2.68. The zero-order valence-corrected chi connectivity index (χ0v) is 23.9. The lowest BCUT2D eigenvalue weighted by Gasteiger charge is -2.33. The van der Waals surface area contributed by atoms with Crippen LogP contribution in [0.3, 0.4) is 0 Å². The number of carbonyl (C=O) groups excluding carboxylic acids is 2. The molecule has 0 bridgehead atoms. The van der Waals surface area contributed by atoms with Gasteiger partial charge in [-0.1, -0.05) is 78.7 Å². The first kappa shape index (κ1) is 29.5. The Kier molecular flexibility index (Phi) is 10.2. The average Bonchev–Trinajstić information content (AvgIpc) is 2.90. The van der Waals surface area contributed by atoms with Crippen molar-refractivity contribution in [2.24, 2.45) is 0 Å². The van der Waals surface area contributed by atoms with E-state index in [0.29, 0.717) is 21.3 Å². The van der Waals surface area contributed by atoms with Gasteiger partial charge in [0.05, 0.1) is 11.9 Å². The number of nitrogens with one attached hydrogen (secondary N) is 1. The first-order valence-corrected chi connectivity index (χ1v) is 14.7. The third-order valence-corrected chi connectivity index (χ3v) is 8.07. The molecule has 0 saturated carbocycles. The second kappa shape index (κ2) is 13.1. The van der Waals surface area contributed by atoms with Crippen LogP contribution in [0.2, 0.25) is 10.0 Å². The zero-order chi connectivity index (χ0) is 27.9. The molecule has 10 heteroatoms. The fraction of sp³-hybridized carbons (Fsp3) is 0.286. The molecule has 0 radical (unpaired) electrons. The molecule has 0 aliphatic carbocycles. The number of hydrogen-bond donors (Lipinski definition) is 1. The third-order valence-electron chi connectivity index (χ3n) is 6.22. The van der Waals surface area contributed by atoms with E-state index in [1.807, 2.05) is 49.4 Å². The van der Waals surface area contributed by atoms with Gasteiger partial charge in [-0.3, -0.25) is 13.9 Å². The normalized spacial score (nSPS) is 12.0. The van der Waals surface area contributed by atoms with E-state index < -0.39 is 34.4 Å². The molecule has 0 fully saturated rings. The molecule has 3 rings (SSSR count). The van der Waals surface area contributed by atoms with Crippen molar-refractivity contribution in [1.29, 1.82) is 0 Å². The number of aryl methyl sites for hydroxylation is 1. The van der Waals surface area contributed by atoms with Gasteiger partial charge in [0.2, 0.25) is 21.8 Å². The van der Waals surface area contributed by atoms with Gasteiger partial charge in [-0.15, -0.1) is 0 Å². The lowest BCUT2D eigenvalue weighted by atomic mass is 10.0. The minimum Gasteiger partial charge on any atom is -0.357 e. The average molecular weight is 577 g/mol. The highest BCUT2D eigenvalue weighted by molar-refractivity contribution is 7.92. The number of halogens is 2. The van der Waals surface area contributed by atoms with Crippen molar-refractivity contribution in [3.63, 3.8) is 0 Å². The van der Waals surface area contributed by atoms with Crippen molar-refractivity contribution < 1.29 is 18.0 Å². The minimum atomic E-state index is -3.83. The second-order valence-electron chi connectivity index (χ2n) is 8.83. The number of amides is 2. The summed E-state index contributed by atoms with van der Waals surface area (Å²) in [5, 5.41) is 3.30. The molecule has 0 aliphatic rings. The monoisotopic (exact) mass is 575 g/mol. The molecule has 0 saturated heterocycles. The first-order chi connectivity index (χ1) is 18.0. The Bertz CT molecular complexity index is 1350. The molecule has 0 aromatic heterocycles. The van der Waals surface area contributed by atoms with Crippen LogP contribution in [0.5, 0.6) is 0 Å². The van der Waals surface area contributed by atoms with E-state index in [9.17, 15) is 18.0 Å². The summed E-state index contributed by atoms with van der Waals surface area (Å²) in [6.45, 7) is 1.40. The Hall–Kier alpha value is -3.07. The van der Waals surface area contributed by atoms with Crippen molar-refractivity contribution >= 4 is 50.7 Å². The third kappa shape index (κ3) is 7.49. The van der Waals surface area contributed by atoms with E-state index in [4.69, 9.17) is 23.2 Å². The summed E-state index contributed by atoms with van der Waals surface area (Å²) in [5.74, 6) is -0.973. The lowest BCUT2D eigenvalue weighted by Crippen LogP contribution is -2.53. The predicted octanol–water partition coefficient (Wildman–Crippen LogP) is 4.71. The van der Waals surface area contributed by atoms with Gasteiger partial charge in [0.15, 0.2) is 0 Å². The standard InChI is InChI=1S/C28H31Cl2N3O4S/c1-4-20-13-15-22(16-14-20)33(38(3,36)37)19-27(34)32(18-23-24(29)11-8-12-25(23)30)26(28(35)31-2)17-21-9-6-5-7-10-21/h5-16,26H,4,17-19H2,1-3H3,(H,31,35)/t26-/m0/s1. The molecule has 1 atom stereocenters. The van der Waals surface area contributed by atoms with Crippen LogP contribution in [-0.2, 0) is 39.0 Å². The molecular weight excluding hydrogens is 545 g/mol. The SMILES string of the molecule is CCc1ccc(N(CC(=O)N(Cc2c(Cl)cccc2Cl)[C@@H](Cc2ccccc2)C(=O)NC)S(C)(=O)=O)cc1. The number of likely N-dealkylation sites (N-methyl/N-ethyl adjacent to an activating group) is 1. The summed E-state index contributed by atoms with van der Waals surface area (Å²) in [7, 11) is -2.34. The lowest BCUT2D eigenvalue weighted by molar-refractivity contribution is -0.139. The molecule has 0 unspecified atom stereocenters. The molecule has 0 heterocycles.